The van der Waals surface area contributed by atoms with Crippen LogP contribution in [0.25, 0.3) is 0 Å². The van der Waals surface area contributed by atoms with Crippen molar-refractivity contribution < 1.29 is 0 Å². The van der Waals surface area contributed by atoms with E-state index in [0.29, 0.717) is 5.25 Å². The van der Waals surface area contributed by atoms with E-state index < -0.39 is 0 Å². The van der Waals surface area contributed by atoms with Gasteiger partial charge in [0.25, 0.3) is 0 Å². The molecular formula is C16H17NS. The second kappa shape index (κ2) is 5.15. The maximum absolute atomic E-state index is 4.64. The van der Waals surface area contributed by atoms with Crippen LogP contribution in [-0.4, -0.2) is 4.98 Å². The van der Waals surface area contributed by atoms with Crippen LogP contribution in [0.4, 0.5) is 0 Å². The van der Waals surface area contributed by atoms with Crippen molar-refractivity contribution in [1.82, 2.24) is 4.98 Å². The average Bonchev–Trinajstić information content (AvgIpc) is 2.41. The first-order chi connectivity index (χ1) is 8.84. The number of thioether (sulfide) groups is 1. The number of aryl methyl sites for hydroxylation is 1. The maximum Gasteiger partial charge on any atom is 0.0571 e. The Hall–Kier alpha value is -1.28. The van der Waals surface area contributed by atoms with Crippen LogP contribution in [-0.2, 0) is 6.42 Å². The fraction of sp³-hybridized carbons (Fsp3) is 0.312. The third kappa shape index (κ3) is 2.30. The van der Waals surface area contributed by atoms with Gasteiger partial charge in [-0.2, -0.15) is 0 Å². The normalized spacial score (nSPS) is 18.4. The van der Waals surface area contributed by atoms with E-state index in [0.717, 1.165) is 0 Å². The number of fused-ring (bicyclic) bond motifs is 1. The van der Waals surface area contributed by atoms with Crippen molar-refractivity contribution in [2.75, 3.05) is 0 Å². The van der Waals surface area contributed by atoms with Crippen LogP contribution >= 0.6 is 11.8 Å². The molecule has 0 saturated carbocycles. The first kappa shape index (κ1) is 11.8. The van der Waals surface area contributed by atoms with Crippen LogP contribution in [0.5, 0.6) is 0 Å². The summed E-state index contributed by atoms with van der Waals surface area (Å²) < 4.78 is 0. The molecule has 92 valence electrons. The van der Waals surface area contributed by atoms with Crippen molar-refractivity contribution >= 4 is 11.8 Å². The number of aromatic nitrogens is 1. The van der Waals surface area contributed by atoms with E-state index in [1.165, 1.54) is 41.0 Å². The summed E-state index contributed by atoms with van der Waals surface area (Å²) in [6, 6.07) is 12.8. The highest BCUT2D eigenvalue weighted by Crippen LogP contribution is 2.42. The zero-order valence-electron chi connectivity index (χ0n) is 10.6. The van der Waals surface area contributed by atoms with Gasteiger partial charge in [0, 0.05) is 11.1 Å². The zero-order chi connectivity index (χ0) is 12.4. The Balaban J connectivity index is 1.90. The van der Waals surface area contributed by atoms with Crippen LogP contribution in [0.2, 0.25) is 0 Å². The van der Waals surface area contributed by atoms with E-state index in [-0.39, 0.29) is 0 Å². The number of rotatable bonds is 2. The van der Waals surface area contributed by atoms with E-state index in [1.54, 1.807) is 0 Å². The predicted molar refractivity (Wildman–Crippen MR) is 77.0 cm³/mol. The minimum Gasteiger partial charge on any atom is -0.260 e. The maximum atomic E-state index is 4.64. The molecule has 1 aliphatic rings. The number of hydrogen-bond donors (Lipinski definition) is 0. The van der Waals surface area contributed by atoms with Crippen LogP contribution < -0.4 is 0 Å². The van der Waals surface area contributed by atoms with E-state index in [2.05, 4.69) is 48.3 Å². The minimum absolute atomic E-state index is 0.524. The SMILES string of the molecule is Cc1ccnc2c1CCCC2Sc1ccccc1. The lowest BCUT2D eigenvalue weighted by molar-refractivity contribution is 0.652. The van der Waals surface area contributed by atoms with Gasteiger partial charge in [0.2, 0.25) is 0 Å². The van der Waals surface area contributed by atoms with Crippen molar-refractivity contribution in [3.05, 3.63) is 59.4 Å². The van der Waals surface area contributed by atoms with Crippen LogP contribution in [0, 0.1) is 6.92 Å². The average molecular weight is 255 g/mol. The van der Waals surface area contributed by atoms with Gasteiger partial charge >= 0.3 is 0 Å². The summed E-state index contributed by atoms with van der Waals surface area (Å²) in [5, 5.41) is 0.524. The van der Waals surface area contributed by atoms with Gasteiger partial charge in [0.05, 0.1) is 10.9 Å². The number of pyridine rings is 1. The van der Waals surface area contributed by atoms with E-state index >= 15 is 0 Å². The molecule has 1 atom stereocenters. The lowest BCUT2D eigenvalue weighted by Gasteiger charge is -2.25. The molecule has 0 spiro atoms. The monoisotopic (exact) mass is 255 g/mol. The fourth-order valence-electron chi connectivity index (χ4n) is 2.59. The Bertz CT molecular complexity index is 536. The molecule has 0 N–H and O–H groups in total. The molecule has 0 bridgehead atoms. The quantitative estimate of drug-likeness (QED) is 0.780. The summed E-state index contributed by atoms with van der Waals surface area (Å²) in [7, 11) is 0. The third-order valence-electron chi connectivity index (χ3n) is 3.54. The largest absolute Gasteiger partial charge is 0.260 e. The van der Waals surface area contributed by atoms with E-state index in [1.807, 2.05) is 18.0 Å². The Morgan fingerprint density at radius 3 is 2.83 bits per heavy atom. The molecule has 1 aromatic carbocycles. The molecule has 0 amide bonds. The summed E-state index contributed by atoms with van der Waals surface area (Å²) in [5.41, 5.74) is 4.20. The minimum atomic E-state index is 0.524. The Morgan fingerprint density at radius 2 is 2.00 bits per heavy atom. The Morgan fingerprint density at radius 1 is 1.17 bits per heavy atom. The Kier molecular flexibility index (Phi) is 3.37. The van der Waals surface area contributed by atoms with Crippen molar-refractivity contribution in [3.8, 4) is 0 Å². The van der Waals surface area contributed by atoms with Gasteiger partial charge in [-0.15, -0.1) is 11.8 Å². The number of benzene rings is 1. The smallest absolute Gasteiger partial charge is 0.0571 e. The van der Waals surface area contributed by atoms with E-state index in [4.69, 9.17) is 0 Å². The van der Waals surface area contributed by atoms with Crippen LogP contribution in [0.3, 0.4) is 0 Å². The molecule has 0 fully saturated rings. The van der Waals surface area contributed by atoms with Crippen molar-refractivity contribution in [1.29, 1.82) is 0 Å². The van der Waals surface area contributed by atoms with Gasteiger partial charge in [-0.25, -0.2) is 0 Å². The number of nitrogens with zero attached hydrogens (tertiary/aromatic N) is 1. The van der Waals surface area contributed by atoms with Crippen LogP contribution in [0.15, 0.2) is 47.5 Å². The third-order valence-corrected chi connectivity index (χ3v) is 4.83. The highest BCUT2D eigenvalue weighted by molar-refractivity contribution is 7.99. The summed E-state index contributed by atoms with van der Waals surface area (Å²) >= 11 is 1.95. The molecule has 1 unspecified atom stereocenters. The summed E-state index contributed by atoms with van der Waals surface area (Å²) in [6.45, 7) is 2.20. The first-order valence-corrected chi connectivity index (χ1v) is 7.38. The zero-order valence-corrected chi connectivity index (χ0v) is 11.4. The van der Waals surface area contributed by atoms with Gasteiger partial charge in [-0.1, -0.05) is 18.2 Å². The molecule has 2 heteroatoms. The summed E-state index contributed by atoms with van der Waals surface area (Å²) in [6.07, 6.45) is 5.67. The van der Waals surface area contributed by atoms with Gasteiger partial charge in [0.1, 0.15) is 0 Å². The predicted octanol–water partition coefficient (Wildman–Crippen LogP) is 4.56. The molecule has 1 aromatic heterocycles. The highest BCUT2D eigenvalue weighted by Gasteiger charge is 2.23. The topological polar surface area (TPSA) is 12.9 Å². The van der Waals surface area contributed by atoms with E-state index in [9.17, 15) is 0 Å². The molecule has 1 heterocycles. The molecule has 1 nitrogen and oxygen atoms in total. The Labute approximate surface area is 113 Å². The van der Waals surface area contributed by atoms with Crippen molar-refractivity contribution in [2.45, 2.75) is 36.3 Å². The van der Waals surface area contributed by atoms with Gasteiger partial charge in [-0.3, -0.25) is 4.98 Å². The second-order valence-corrected chi connectivity index (χ2v) is 6.08. The lowest BCUT2D eigenvalue weighted by Crippen LogP contribution is -2.10. The van der Waals surface area contributed by atoms with Crippen molar-refractivity contribution in [2.24, 2.45) is 0 Å². The highest BCUT2D eigenvalue weighted by atomic mass is 32.2. The first-order valence-electron chi connectivity index (χ1n) is 6.50. The van der Waals surface area contributed by atoms with Gasteiger partial charge in [0.15, 0.2) is 0 Å². The molecule has 2 aromatic rings. The molecular weight excluding hydrogens is 238 g/mol. The van der Waals surface area contributed by atoms with Gasteiger partial charge in [-0.05, 0) is 55.5 Å². The molecule has 18 heavy (non-hydrogen) atoms. The molecule has 1 aliphatic carbocycles. The fourth-order valence-corrected chi connectivity index (χ4v) is 3.83. The standard InChI is InChI=1S/C16H17NS/c1-12-10-11-17-16-14(12)8-5-9-15(16)18-13-6-3-2-4-7-13/h2-4,6-7,10-11,15H,5,8-9H2,1H3. The second-order valence-electron chi connectivity index (χ2n) is 4.80. The molecule has 0 radical (unpaired) electrons. The summed E-state index contributed by atoms with van der Waals surface area (Å²) in [4.78, 5) is 5.98. The molecule has 0 saturated heterocycles. The molecule has 3 rings (SSSR count). The van der Waals surface area contributed by atoms with Crippen LogP contribution in [0.1, 0.15) is 34.9 Å². The lowest BCUT2D eigenvalue weighted by atomic mass is 9.92. The van der Waals surface area contributed by atoms with Crippen molar-refractivity contribution in [3.63, 3.8) is 0 Å². The van der Waals surface area contributed by atoms with Gasteiger partial charge < -0.3 is 0 Å². The number of hydrogen-bond acceptors (Lipinski definition) is 2. The molecule has 0 aliphatic heterocycles. The summed E-state index contributed by atoms with van der Waals surface area (Å²) in [5.74, 6) is 0.